The molecule has 4 aromatic heterocycles. The van der Waals surface area contributed by atoms with Crippen LogP contribution in [0.4, 0.5) is 0 Å². The molecule has 0 spiro atoms. The Kier molecular flexibility index (Phi) is 7.78. The number of furan rings is 1. The van der Waals surface area contributed by atoms with E-state index in [0.29, 0.717) is 5.82 Å². The minimum Gasteiger partial charge on any atom is -0.454 e. The number of para-hydroxylation sites is 4. The van der Waals surface area contributed by atoms with Crippen molar-refractivity contribution in [1.82, 2.24) is 19.5 Å². The van der Waals surface area contributed by atoms with E-state index >= 15 is 0 Å². The molecule has 5 heteroatoms. The molecule has 0 unspecified atom stereocenters. The minimum atomic E-state index is 0.627. The number of aromatic nitrogens is 4. The second kappa shape index (κ2) is 13.8. The van der Waals surface area contributed by atoms with Crippen LogP contribution in [0.1, 0.15) is 0 Å². The Morgan fingerprint density at radius 3 is 1.72 bits per heavy atom. The van der Waals surface area contributed by atoms with Gasteiger partial charge in [-0.05, 0) is 48.0 Å². The van der Waals surface area contributed by atoms with Crippen LogP contribution in [0.5, 0.6) is 0 Å². The summed E-state index contributed by atoms with van der Waals surface area (Å²) in [6.45, 7) is 0. The molecule has 0 saturated heterocycles. The van der Waals surface area contributed by atoms with Crippen molar-refractivity contribution < 1.29 is 4.42 Å². The summed E-state index contributed by atoms with van der Waals surface area (Å²) in [4.78, 5) is 16.0. The van der Waals surface area contributed by atoms with Gasteiger partial charge in [0.1, 0.15) is 11.3 Å². The highest BCUT2D eigenvalue weighted by Gasteiger charge is 2.21. The van der Waals surface area contributed by atoms with E-state index in [1.165, 1.54) is 10.8 Å². The Morgan fingerprint density at radius 1 is 0.383 bits per heavy atom. The monoisotopic (exact) mass is 766 g/mol. The largest absolute Gasteiger partial charge is 0.454 e. The summed E-state index contributed by atoms with van der Waals surface area (Å²) in [6, 6.07) is 71.8. The van der Waals surface area contributed by atoms with Crippen molar-refractivity contribution in [2.24, 2.45) is 0 Å². The molecule has 0 saturated carbocycles. The molecule has 0 N–H and O–H groups in total. The lowest BCUT2D eigenvalue weighted by Crippen LogP contribution is -1.98. The maximum Gasteiger partial charge on any atom is 0.162 e. The molecule has 12 rings (SSSR count). The van der Waals surface area contributed by atoms with Gasteiger partial charge < -0.3 is 8.98 Å². The summed E-state index contributed by atoms with van der Waals surface area (Å²) in [5.74, 6) is 0.627. The molecule has 12 aromatic rings. The quantitative estimate of drug-likeness (QED) is 0.169. The summed E-state index contributed by atoms with van der Waals surface area (Å²) < 4.78 is 9.03. The van der Waals surface area contributed by atoms with Crippen LogP contribution in [0.15, 0.2) is 211 Å². The van der Waals surface area contributed by atoms with Crippen LogP contribution >= 0.6 is 0 Å². The molecule has 0 fully saturated rings. The van der Waals surface area contributed by atoms with Gasteiger partial charge in [0.15, 0.2) is 11.4 Å². The number of hydrogen-bond donors (Lipinski definition) is 0. The van der Waals surface area contributed by atoms with Crippen LogP contribution in [0.3, 0.4) is 0 Å². The van der Waals surface area contributed by atoms with Gasteiger partial charge in [-0.1, -0.05) is 164 Å². The van der Waals surface area contributed by atoms with Gasteiger partial charge in [0.25, 0.3) is 0 Å². The van der Waals surface area contributed by atoms with Crippen molar-refractivity contribution in [2.75, 3.05) is 0 Å². The molecule has 0 amide bonds. The van der Waals surface area contributed by atoms with E-state index in [1.54, 1.807) is 0 Å². The third-order valence-electron chi connectivity index (χ3n) is 11.6. The predicted octanol–water partition coefficient (Wildman–Crippen LogP) is 14.4. The SMILES string of the molecule is c1ccc(-c2cc(-c3cccc(-n4c5ccccc5c5ccccc54)c3)nc(-c3cccc(-c4nc5c(-c6ccccc6)cccc5c5c4oc4ccccc45)c3)n2)cc1. The number of hydrogen-bond acceptors (Lipinski definition) is 4. The molecule has 8 aromatic carbocycles. The highest BCUT2D eigenvalue weighted by molar-refractivity contribution is 6.22. The van der Waals surface area contributed by atoms with E-state index in [0.717, 1.165) is 100 Å². The number of rotatable bonds is 6. The summed E-state index contributed by atoms with van der Waals surface area (Å²) in [6.07, 6.45) is 0. The first-order chi connectivity index (χ1) is 29.7. The van der Waals surface area contributed by atoms with E-state index in [2.05, 4.69) is 174 Å². The van der Waals surface area contributed by atoms with Gasteiger partial charge in [-0.2, -0.15) is 0 Å². The van der Waals surface area contributed by atoms with Crippen LogP contribution in [0.2, 0.25) is 0 Å². The molecule has 0 aliphatic carbocycles. The normalized spacial score (nSPS) is 11.7. The van der Waals surface area contributed by atoms with Crippen molar-refractivity contribution in [3.8, 4) is 62.0 Å². The molecule has 4 heterocycles. The molecule has 0 aliphatic heterocycles. The summed E-state index contributed by atoms with van der Waals surface area (Å²) in [7, 11) is 0. The smallest absolute Gasteiger partial charge is 0.162 e. The lowest BCUT2D eigenvalue weighted by molar-refractivity contribution is 0.669. The van der Waals surface area contributed by atoms with Crippen molar-refractivity contribution in [2.45, 2.75) is 0 Å². The Hall–Kier alpha value is -8.15. The van der Waals surface area contributed by atoms with Crippen molar-refractivity contribution in [3.63, 3.8) is 0 Å². The first-order valence-electron chi connectivity index (χ1n) is 20.2. The Morgan fingerprint density at radius 2 is 0.950 bits per heavy atom. The van der Waals surface area contributed by atoms with Gasteiger partial charge in [-0.3, -0.25) is 0 Å². The lowest BCUT2D eigenvalue weighted by Gasteiger charge is -2.13. The van der Waals surface area contributed by atoms with Gasteiger partial charge in [0.05, 0.1) is 27.9 Å². The number of fused-ring (bicyclic) bond motifs is 8. The fraction of sp³-hybridized carbons (Fsp3) is 0. The zero-order valence-electron chi connectivity index (χ0n) is 32.3. The number of pyridine rings is 1. The van der Waals surface area contributed by atoms with Crippen LogP contribution < -0.4 is 0 Å². The topological polar surface area (TPSA) is 56.7 Å². The average molecular weight is 767 g/mol. The van der Waals surface area contributed by atoms with Crippen molar-refractivity contribution in [1.29, 1.82) is 0 Å². The van der Waals surface area contributed by atoms with E-state index in [-0.39, 0.29) is 0 Å². The molecule has 0 aliphatic rings. The maximum atomic E-state index is 6.69. The second-order valence-electron chi connectivity index (χ2n) is 15.2. The molecular formula is C55H34N4O. The summed E-state index contributed by atoms with van der Waals surface area (Å²) in [5, 5.41) is 5.64. The minimum absolute atomic E-state index is 0.627. The summed E-state index contributed by atoms with van der Waals surface area (Å²) >= 11 is 0. The zero-order chi connectivity index (χ0) is 39.6. The number of nitrogens with zero attached hydrogens (tertiary/aromatic N) is 4. The van der Waals surface area contributed by atoms with E-state index in [1.807, 2.05) is 36.4 Å². The molecule has 5 nitrogen and oxygen atoms in total. The maximum absolute atomic E-state index is 6.69. The first kappa shape index (κ1) is 33.9. The number of benzene rings is 8. The van der Waals surface area contributed by atoms with Crippen LogP contribution in [0.25, 0.3) is 117 Å². The van der Waals surface area contributed by atoms with Gasteiger partial charge in [0.2, 0.25) is 0 Å². The van der Waals surface area contributed by atoms with Crippen molar-refractivity contribution in [3.05, 3.63) is 206 Å². The van der Waals surface area contributed by atoms with E-state index in [9.17, 15) is 0 Å². The molecule has 60 heavy (non-hydrogen) atoms. The third-order valence-corrected chi connectivity index (χ3v) is 11.6. The van der Waals surface area contributed by atoms with Crippen LogP contribution in [0, 0.1) is 0 Å². The van der Waals surface area contributed by atoms with Gasteiger partial charge in [-0.15, -0.1) is 0 Å². The van der Waals surface area contributed by atoms with Crippen molar-refractivity contribution >= 4 is 54.6 Å². The van der Waals surface area contributed by atoms with Gasteiger partial charge in [0, 0.05) is 60.4 Å². The van der Waals surface area contributed by atoms with E-state index in [4.69, 9.17) is 19.4 Å². The van der Waals surface area contributed by atoms with Crippen LogP contribution in [-0.2, 0) is 0 Å². The van der Waals surface area contributed by atoms with Crippen LogP contribution in [-0.4, -0.2) is 19.5 Å². The lowest BCUT2D eigenvalue weighted by atomic mass is 9.97. The third kappa shape index (κ3) is 5.52. The molecule has 0 radical (unpaired) electrons. The zero-order valence-corrected chi connectivity index (χ0v) is 32.3. The molecular weight excluding hydrogens is 733 g/mol. The highest BCUT2D eigenvalue weighted by atomic mass is 16.3. The van der Waals surface area contributed by atoms with E-state index < -0.39 is 0 Å². The molecule has 280 valence electrons. The second-order valence-corrected chi connectivity index (χ2v) is 15.2. The molecule has 0 bridgehead atoms. The fourth-order valence-electron chi connectivity index (χ4n) is 8.85. The fourth-order valence-corrected chi connectivity index (χ4v) is 8.85. The van der Waals surface area contributed by atoms with Gasteiger partial charge >= 0.3 is 0 Å². The predicted molar refractivity (Wildman–Crippen MR) is 246 cm³/mol. The highest BCUT2D eigenvalue weighted by Crippen LogP contribution is 2.42. The first-order valence-corrected chi connectivity index (χ1v) is 20.2. The standard InChI is InChI=1S/C55H34N4O/c1-3-16-35(17-4-1)41-27-15-28-45-51-44-26-9-12-31-50(44)60-54(51)52(58-53(41)45)38-21-13-22-39(32-38)55-56-46(36-18-5-2-6-19-36)34-47(57-55)37-20-14-23-40(33-37)59-48-29-10-7-24-42(48)43-25-8-11-30-49(43)59/h1-34H. The molecule has 0 atom stereocenters. The summed E-state index contributed by atoms with van der Waals surface area (Å²) in [5.41, 5.74) is 14.4. The average Bonchev–Trinajstić information content (AvgIpc) is 3.88. The Balaban J connectivity index is 1.05. The Labute approximate surface area is 345 Å². The van der Waals surface area contributed by atoms with Gasteiger partial charge in [-0.25, -0.2) is 15.0 Å². The Bertz CT molecular complexity index is 3550.